The fourth-order valence-corrected chi connectivity index (χ4v) is 4.78. The Balaban J connectivity index is 1.41. The number of pyridine rings is 2. The first-order valence-electron chi connectivity index (χ1n) is 11.6. The van der Waals surface area contributed by atoms with Gasteiger partial charge in [-0.15, -0.1) is 0 Å². The van der Waals surface area contributed by atoms with Gasteiger partial charge in [0.15, 0.2) is 0 Å². The summed E-state index contributed by atoms with van der Waals surface area (Å²) in [6.45, 7) is 5.37. The second-order valence-electron chi connectivity index (χ2n) is 9.04. The number of benzene rings is 1. The summed E-state index contributed by atoms with van der Waals surface area (Å²) in [5, 5.41) is 5.49. The first kappa shape index (κ1) is 20.6. The van der Waals surface area contributed by atoms with E-state index in [9.17, 15) is 4.79 Å². The highest BCUT2D eigenvalue weighted by molar-refractivity contribution is 6.02. The number of carbonyl (C=O) groups is 1. The van der Waals surface area contributed by atoms with E-state index in [-0.39, 0.29) is 5.91 Å². The molecule has 0 saturated carbocycles. The van der Waals surface area contributed by atoms with E-state index in [1.807, 2.05) is 35.6 Å². The number of H-pyrrole nitrogens is 1. The Kier molecular flexibility index (Phi) is 4.92. The summed E-state index contributed by atoms with van der Waals surface area (Å²) < 4.78 is 1.78. The second kappa shape index (κ2) is 8.11. The Morgan fingerprint density at radius 3 is 2.62 bits per heavy atom. The van der Waals surface area contributed by atoms with Gasteiger partial charge in [-0.1, -0.05) is 24.3 Å². The average Bonchev–Trinajstić information content (AvgIpc) is 3.48. The third-order valence-electron chi connectivity index (χ3n) is 6.84. The molecule has 0 aliphatic carbocycles. The van der Waals surface area contributed by atoms with Crippen LogP contribution >= 0.6 is 0 Å². The number of likely N-dealkylation sites (N-methyl/N-ethyl adjacent to an activating group) is 1. The van der Waals surface area contributed by atoms with E-state index in [1.165, 1.54) is 11.1 Å². The van der Waals surface area contributed by atoms with Gasteiger partial charge in [-0.3, -0.25) is 4.79 Å². The van der Waals surface area contributed by atoms with Crippen molar-refractivity contribution >= 4 is 22.5 Å². The number of hydrogen-bond donors (Lipinski definition) is 1. The third kappa shape index (κ3) is 3.45. The van der Waals surface area contributed by atoms with Crippen molar-refractivity contribution < 1.29 is 4.79 Å². The number of carbonyl (C=O) groups excluding carboxylic acids is 1. The summed E-state index contributed by atoms with van der Waals surface area (Å²) in [6, 6.07) is 14.6. The molecule has 0 spiro atoms. The molecule has 34 heavy (non-hydrogen) atoms. The molecule has 170 valence electrons. The van der Waals surface area contributed by atoms with Gasteiger partial charge in [-0.2, -0.15) is 5.10 Å². The zero-order valence-electron chi connectivity index (χ0n) is 19.3. The molecule has 1 aromatic carbocycles. The van der Waals surface area contributed by atoms with Crippen LogP contribution in [0, 0.1) is 6.92 Å². The summed E-state index contributed by atoms with van der Waals surface area (Å²) >= 11 is 0. The predicted molar refractivity (Wildman–Crippen MR) is 134 cm³/mol. The first-order valence-corrected chi connectivity index (χ1v) is 11.6. The smallest absolute Gasteiger partial charge is 0.257 e. The summed E-state index contributed by atoms with van der Waals surface area (Å²) in [5.41, 5.74) is 7.86. The molecule has 4 aromatic heterocycles. The number of aromatic nitrogens is 4. The molecule has 1 aliphatic rings. The highest BCUT2D eigenvalue weighted by Gasteiger charge is 2.23. The second-order valence-corrected chi connectivity index (χ2v) is 9.04. The molecule has 0 bridgehead atoms. The number of aromatic amines is 1. The molecule has 7 heteroatoms. The first-order chi connectivity index (χ1) is 16.6. The minimum absolute atomic E-state index is 0.0442. The molecule has 1 amide bonds. The van der Waals surface area contributed by atoms with Crippen LogP contribution in [0.4, 0.5) is 0 Å². The lowest BCUT2D eigenvalue weighted by Gasteiger charge is -2.32. The number of piperazine rings is 1. The van der Waals surface area contributed by atoms with Crippen LogP contribution in [0.1, 0.15) is 15.9 Å². The lowest BCUT2D eigenvalue weighted by atomic mass is 9.99. The number of hydrogen-bond acceptors (Lipinski definition) is 4. The van der Waals surface area contributed by atoms with Crippen molar-refractivity contribution in [3.05, 3.63) is 78.4 Å². The molecule has 1 N–H and O–H groups in total. The monoisotopic (exact) mass is 450 g/mol. The van der Waals surface area contributed by atoms with Gasteiger partial charge in [0.1, 0.15) is 5.65 Å². The van der Waals surface area contributed by atoms with Crippen LogP contribution in [0.3, 0.4) is 0 Å². The molecule has 0 radical (unpaired) electrons. The number of rotatable bonds is 3. The van der Waals surface area contributed by atoms with Crippen molar-refractivity contribution in [3.8, 4) is 22.3 Å². The third-order valence-corrected chi connectivity index (χ3v) is 6.84. The van der Waals surface area contributed by atoms with Crippen LogP contribution in [-0.4, -0.2) is 68.5 Å². The Labute approximate surface area is 197 Å². The van der Waals surface area contributed by atoms with E-state index in [0.717, 1.165) is 59.4 Å². The van der Waals surface area contributed by atoms with Gasteiger partial charge in [0.2, 0.25) is 0 Å². The molecular formula is C27H26N6O. The normalized spacial score (nSPS) is 14.8. The highest BCUT2D eigenvalue weighted by Crippen LogP contribution is 2.33. The van der Waals surface area contributed by atoms with Crippen molar-refractivity contribution in [1.29, 1.82) is 0 Å². The van der Waals surface area contributed by atoms with Crippen LogP contribution in [0.2, 0.25) is 0 Å². The maximum atomic E-state index is 13.3. The average molecular weight is 451 g/mol. The number of nitrogens with zero attached hydrogens (tertiary/aromatic N) is 5. The zero-order valence-corrected chi connectivity index (χ0v) is 19.3. The van der Waals surface area contributed by atoms with Crippen LogP contribution in [0.15, 0.2) is 67.3 Å². The maximum absolute atomic E-state index is 13.3. The molecular weight excluding hydrogens is 424 g/mol. The van der Waals surface area contributed by atoms with Crippen molar-refractivity contribution in [2.75, 3.05) is 33.2 Å². The van der Waals surface area contributed by atoms with E-state index >= 15 is 0 Å². The zero-order chi connectivity index (χ0) is 23.2. The van der Waals surface area contributed by atoms with E-state index < -0.39 is 0 Å². The van der Waals surface area contributed by atoms with Crippen LogP contribution in [-0.2, 0) is 0 Å². The number of fused-ring (bicyclic) bond motifs is 2. The fraction of sp³-hybridized carbons (Fsp3) is 0.222. The van der Waals surface area contributed by atoms with Gasteiger partial charge in [0.25, 0.3) is 5.91 Å². The molecule has 1 aliphatic heterocycles. The van der Waals surface area contributed by atoms with Crippen LogP contribution in [0.25, 0.3) is 38.8 Å². The van der Waals surface area contributed by atoms with Gasteiger partial charge >= 0.3 is 0 Å². The minimum atomic E-state index is 0.0442. The van der Waals surface area contributed by atoms with E-state index in [1.54, 1.807) is 10.7 Å². The molecule has 6 rings (SSSR count). The standard InChI is InChI=1S/C27H26N6O/c1-18-5-3-4-6-21(18)20-13-22-23(16-29-26(22)28-15-20)19-7-8-33-25(14-19)24(17-30-33)27(34)32-11-9-31(2)10-12-32/h3-8,13-17H,9-12H2,1-2H3,(H,28,29). The van der Waals surface area contributed by atoms with Crippen LogP contribution in [0.5, 0.6) is 0 Å². The van der Waals surface area contributed by atoms with Crippen molar-refractivity contribution in [1.82, 2.24) is 29.4 Å². The van der Waals surface area contributed by atoms with E-state index in [4.69, 9.17) is 0 Å². The van der Waals surface area contributed by atoms with Crippen molar-refractivity contribution in [3.63, 3.8) is 0 Å². The lowest BCUT2D eigenvalue weighted by Crippen LogP contribution is -2.47. The molecule has 0 unspecified atom stereocenters. The summed E-state index contributed by atoms with van der Waals surface area (Å²) in [7, 11) is 2.09. The molecule has 5 heterocycles. The Morgan fingerprint density at radius 1 is 0.971 bits per heavy atom. The summed E-state index contributed by atoms with van der Waals surface area (Å²) in [4.78, 5) is 25.4. The molecule has 1 saturated heterocycles. The SMILES string of the molecule is Cc1ccccc1-c1cnc2[nH]cc(-c3ccn4ncc(C(=O)N5CCN(C)CC5)c4c3)c2c1. The van der Waals surface area contributed by atoms with Crippen molar-refractivity contribution in [2.24, 2.45) is 0 Å². The molecule has 0 atom stereocenters. The highest BCUT2D eigenvalue weighted by atomic mass is 16.2. The quantitative estimate of drug-likeness (QED) is 0.446. The van der Waals surface area contributed by atoms with Gasteiger partial charge in [-0.25, -0.2) is 9.50 Å². The summed E-state index contributed by atoms with van der Waals surface area (Å²) in [6.07, 6.45) is 7.51. The van der Waals surface area contributed by atoms with E-state index in [0.29, 0.717) is 5.56 Å². The topological polar surface area (TPSA) is 69.5 Å². The lowest BCUT2D eigenvalue weighted by molar-refractivity contribution is 0.0666. The number of amides is 1. The minimum Gasteiger partial charge on any atom is -0.346 e. The predicted octanol–water partition coefficient (Wildman–Crippen LogP) is 4.24. The van der Waals surface area contributed by atoms with Gasteiger partial charge < -0.3 is 14.8 Å². The fourth-order valence-electron chi connectivity index (χ4n) is 4.78. The van der Waals surface area contributed by atoms with Crippen LogP contribution < -0.4 is 0 Å². The van der Waals surface area contributed by atoms with E-state index in [2.05, 4.69) is 64.3 Å². The van der Waals surface area contributed by atoms with Gasteiger partial charge in [-0.05, 0) is 48.9 Å². The molecule has 7 nitrogen and oxygen atoms in total. The Hall–Kier alpha value is -3.97. The molecule has 5 aromatic rings. The van der Waals surface area contributed by atoms with Gasteiger partial charge in [0.05, 0.1) is 17.3 Å². The van der Waals surface area contributed by atoms with Gasteiger partial charge in [0, 0.05) is 61.3 Å². The van der Waals surface area contributed by atoms with Crippen molar-refractivity contribution in [2.45, 2.75) is 6.92 Å². The number of aryl methyl sites for hydroxylation is 1. The Morgan fingerprint density at radius 2 is 1.79 bits per heavy atom. The molecule has 1 fully saturated rings. The summed E-state index contributed by atoms with van der Waals surface area (Å²) in [5.74, 6) is 0.0442. The largest absolute Gasteiger partial charge is 0.346 e. The number of nitrogens with one attached hydrogen (secondary N) is 1. The Bertz CT molecular complexity index is 1520. The maximum Gasteiger partial charge on any atom is 0.257 e.